The van der Waals surface area contributed by atoms with Crippen molar-refractivity contribution in [3.8, 4) is 0 Å². The van der Waals surface area contributed by atoms with Crippen LogP contribution in [0, 0.1) is 0 Å². The molecule has 0 radical (unpaired) electrons. The summed E-state index contributed by atoms with van der Waals surface area (Å²) in [5.74, 6) is -0.690. The van der Waals surface area contributed by atoms with Gasteiger partial charge in [-0.25, -0.2) is 4.79 Å². The second-order valence-electron chi connectivity index (χ2n) is 6.32. The van der Waals surface area contributed by atoms with Crippen LogP contribution in [0.25, 0.3) is 11.1 Å². The maximum Gasteiger partial charge on any atom is 0.417 e. The fourth-order valence-corrected chi connectivity index (χ4v) is 2.85. The van der Waals surface area contributed by atoms with Crippen LogP contribution < -0.4 is 22.1 Å². The third-order valence-corrected chi connectivity index (χ3v) is 4.34. The molecule has 0 bridgehead atoms. The van der Waals surface area contributed by atoms with Gasteiger partial charge >= 0.3 is 5.76 Å². The summed E-state index contributed by atoms with van der Waals surface area (Å²) in [5, 5.41) is 6.08. The van der Waals surface area contributed by atoms with E-state index < -0.39 is 5.76 Å². The summed E-state index contributed by atoms with van der Waals surface area (Å²) >= 11 is 0. The summed E-state index contributed by atoms with van der Waals surface area (Å²) in [5.41, 5.74) is 10.5. The highest BCUT2D eigenvalue weighted by Crippen LogP contribution is 2.19. The molecule has 5 N–H and O–H groups in total. The Balaban J connectivity index is 1.40. The minimum atomic E-state index is -0.474. The average Bonchev–Trinajstić information content (AvgIpc) is 3.07. The summed E-state index contributed by atoms with van der Waals surface area (Å²) in [7, 11) is 0. The quantitative estimate of drug-likeness (QED) is 0.399. The molecule has 7 nitrogen and oxygen atoms in total. The van der Waals surface area contributed by atoms with E-state index in [1.54, 1.807) is 30.3 Å². The van der Waals surface area contributed by atoms with Crippen LogP contribution in [-0.2, 0) is 6.54 Å². The molecule has 0 aliphatic carbocycles. The summed E-state index contributed by atoms with van der Waals surface area (Å²) in [6.07, 6.45) is 0. The lowest BCUT2D eigenvalue weighted by Crippen LogP contribution is -2.13. The number of nitrogens with one attached hydrogen (secondary N) is 3. The highest BCUT2D eigenvalue weighted by molar-refractivity contribution is 6.05. The number of hydrogen-bond donors (Lipinski definition) is 4. The van der Waals surface area contributed by atoms with Crippen LogP contribution in [0.15, 0.2) is 75.9 Å². The van der Waals surface area contributed by atoms with Crippen molar-refractivity contribution in [2.24, 2.45) is 0 Å². The van der Waals surface area contributed by atoms with E-state index in [0.717, 1.165) is 11.3 Å². The Morgan fingerprint density at radius 3 is 2.61 bits per heavy atom. The smallest absolute Gasteiger partial charge is 0.408 e. The van der Waals surface area contributed by atoms with E-state index in [1.807, 2.05) is 36.4 Å². The van der Waals surface area contributed by atoms with E-state index in [0.29, 0.717) is 34.6 Å². The van der Waals surface area contributed by atoms with Gasteiger partial charge in [0.25, 0.3) is 5.91 Å². The minimum Gasteiger partial charge on any atom is -0.408 e. The monoisotopic (exact) mass is 374 g/mol. The van der Waals surface area contributed by atoms with Crippen LogP contribution in [-0.4, -0.2) is 10.9 Å². The maximum absolute atomic E-state index is 12.4. The number of carbonyl (C=O) groups excluding carboxylic acids is 1. The van der Waals surface area contributed by atoms with Gasteiger partial charge < -0.3 is 20.8 Å². The Labute approximate surface area is 160 Å². The molecule has 0 saturated carbocycles. The van der Waals surface area contributed by atoms with Crippen molar-refractivity contribution in [2.45, 2.75) is 6.54 Å². The Morgan fingerprint density at radius 2 is 1.82 bits per heavy atom. The highest BCUT2D eigenvalue weighted by atomic mass is 16.4. The van der Waals surface area contributed by atoms with Gasteiger partial charge in [0.1, 0.15) is 0 Å². The molecule has 1 heterocycles. The molecule has 4 rings (SSSR count). The van der Waals surface area contributed by atoms with Gasteiger partial charge in [-0.2, -0.15) is 0 Å². The van der Waals surface area contributed by atoms with Gasteiger partial charge in [-0.05, 0) is 48.0 Å². The number of anilines is 3. The molecule has 28 heavy (non-hydrogen) atoms. The second-order valence-corrected chi connectivity index (χ2v) is 6.32. The van der Waals surface area contributed by atoms with Crippen LogP contribution in [0.1, 0.15) is 15.9 Å². The normalized spacial score (nSPS) is 10.7. The summed E-state index contributed by atoms with van der Waals surface area (Å²) in [4.78, 5) is 26.2. The molecule has 1 amide bonds. The maximum atomic E-state index is 12.4. The van der Waals surface area contributed by atoms with Crippen molar-refractivity contribution in [1.82, 2.24) is 4.98 Å². The Morgan fingerprint density at radius 1 is 1.04 bits per heavy atom. The zero-order chi connectivity index (χ0) is 19.5. The molecule has 140 valence electrons. The fraction of sp³-hybridized carbons (Fsp3) is 0.0476. The van der Waals surface area contributed by atoms with Crippen molar-refractivity contribution >= 4 is 34.1 Å². The number of para-hydroxylation sites is 2. The van der Waals surface area contributed by atoms with Gasteiger partial charge in [0, 0.05) is 17.8 Å². The zero-order valence-corrected chi connectivity index (χ0v) is 14.9. The van der Waals surface area contributed by atoms with E-state index in [4.69, 9.17) is 10.2 Å². The van der Waals surface area contributed by atoms with Crippen LogP contribution >= 0.6 is 0 Å². The van der Waals surface area contributed by atoms with E-state index in [9.17, 15) is 9.59 Å². The van der Waals surface area contributed by atoms with Gasteiger partial charge in [0.2, 0.25) is 0 Å². The lowest BCUT2D eigenvalue weighted by Gasteiger charge is -2.09. The first-order chi connectivity index (χ1) is 13.6. The number of aromatic nitrogens is 1. The third kappa shape index (κ3) is 3.73. The number of hydrogen-bond acceptors (Lipinski definition) is 5. The van der Waals surface area contributed by atoms with E-state index >= 15 is 0 Å². The van der Waals surface area contributed by atoms with Gasteiger partial charge in [-0.1, -0.05) is 24.3 Å². The first-order valence-corrected chi connectivity index (χ1v) is 8.70. The predicted molar refractivity (Wildman–Crippen MR) is 109 cm³/mol. The summed E-state index contributed by atoms with van der Waals surface area (Å²) in [6.45, 7) is 0.571. The first kappa shape index (κ1) is 17.4. The molecule has 0 fully saturated rings. The Hall–Kier alpha value is -4.00. The summed E-state index contributed by atoms with van der Waals surface area (Å²) in [6, 6.07) is 19.8. The molecule has 0 aliphatic heterocycles. The largest absolute Gasteiger partial charge is 0.417 e. The number of H-pyrrole nitrogens is 1. The number of rotatable bonds is 5. The number of amides is 1. The average molecular weight is 374 g/mol. The minimum absolute atomic E-state index is 0.216. The number of nitrogens with two attached hydrogens (primary N) is 1. The third-order valence-electron chi connectivity index (χ3n) is 4.34. The van der Waals surface area contributed by atoms with Crippen molar-refractivity contribution < 1.29 is 9.21 Å². The molecule has 0 spiro atoms. The van der Waals surface area contributed by atoms with Crippen molar-refractivity contribution in [2.75, 3.05) is 16.4 Å². The molecule has 1 aromatic heterocycles. The number of benzene rings is 3. The van der Waals surface area contributed by atoms with Crippen LogP contribution in [0.5, 0.6) is 0 Å². The molecule has 0 unspecified atom stereocenters. The van der Waals surface area contributed by atoms with E-state index in [1.165, 1.54) is 0 Å². The Bertz CT molecular complexity index is 1190. The molecular formula is C21H18N4O3. The SMILES string of the molecule is Nc1ccccc1NC(=O)c1ccc(CNc2ccc3oc(=O)[nH]c3c2)cc1. The van der Waals surface area contributed by atoms with Crippen LogP contribution in [0.2, 0.25) is 0 Å². The van der Waals surface area contributed by atoms with E-state index in [-0.39, 0.29) is 5.91 Å². The first-order valence-electron chi connectivity index (χ1n) is 8.70. The van der Waals surface area contributed by atoms with Crippen LogP contribution in [0.3, 0.4) is 0 Å². The molecule has 0 saturated heterocycles. The topological polar surface area (TPSA) is 113 Å². The molecule has 4 aromatic rings. The van der Waals surface area contributed by atoms with Gasteiger partial charge in [0.15, 0.2) is 5.58 Å². The zero-order valence-electron chi connectivity index (χ0n) is 14.9. The molecule has 3 aromatic carbocycles. The standard InChI is InChI=1S/C21H18N4O3/c22-16-3-1-2-4-17(16)24-20(26)14-7-5-13(6-8-14)12-23-15-9-10-19-18(11-15)25-21(27)28-19/h1-11,23H,12,22H2,(H,24,26)(H,25,27). The van der Waals surface area contributed by atoms with Gasteiger partial charge in [-0.15, -0.1) is 0 Å². The summed E-state index contributed by atoms with van der Waals surface area (Å²) < 4.78 is 4.99. The number of carbonyl (C=O) groups is 1. The van der Waals surface area contributed by atoms with Gasteiger partial charge in [-0.3, -0.25) is 9.78 Å². The molecular weight excluding hydrogens is 356 g/mol. The van der Waals surface area contributed by atoms with Gasteiger partial charge in [0.05, 0.1) is 16.9 Å². The lowest BCUT2D eigenvalue weighted by molar-refractivity contribution is 0.102. The van der Waals surface area contributed by atoms with E-state index in [2.05, 4.69) is 15.6 Å². The predicted octanol–water partition coefficient (Wildman–Crippen LogP) is 3.57. The second kappa shape index (κ2) is 7.32. The molecule has 0 atom stereocenters. The fourth-order valence-electron chi connectivity index (χ4n) is 2.85. The van der Waals surface area contributed by atoms with Crippen molar-refractivity contribution in [3.63, 3.8) is 0 Å². The van der Waals surface area contributed by atoms with Crippen molar-refractivity contribution in [1.29, 1.82) is 0 Å². The Kier molecular flexibility index (Phi) is 4.55. The number of oxazole rings is 1. The number of nitrogen functional groups attached to an aromatic ring is 1. The number of aromatic amines is 1. The van der Waals surface area contributed by atoms with Crippen LogP contribution in [0.4, 0.5) is 17.1 Å². The number of fused-ring (bicyclic) bond motifs is 1. The van der Waals surface area contributed by atoms with Crippen molar-refractivity contribution in [3.05, 3.63) is 88.4 Å². The molecule has 0 aliphatic rings. The molecule has 7 heteroatoms. The highest BCUT2D eigenvalue weighted by Gasteiger charge is 2.08. The lowest BCUT2D eigenvalue weighted by atomic mass is 10.1.